The second-order valence-electron chi connectivity index (χ2n) is 12.9. The highest BCUT2D eigenvalue weighted by atomic mass is 28.3. The Labute approximate surface area is 215 Å². The summed E-state index contributed by atoms with van der Waals surface area (Å²) >= 11 is 0. The number of rotatable bonds is 8. The van der Waals surface area contributed by atoms with E-state index in [9.17, 15) is 4.79 Å². The van der Waals surface area contributed by atoms with E-state index in [1.165, 1.54) is 10.8 Å². The molecule has 0 heterocycles. The summed E-state index contributed by atoms with van der Waals surface area (Å²) in [5.41, 5.74) is 3.90. The molecule has 0 saturated carbocycles. The molecule has 3 nitrogen and oxygen atoms in total. The zero-order valence-electron chi connectivity index (χ0n) is 23.9. The summed E-state index contributed by atoms with van der Waals surface area (Å²) in [6.07, 6.45) is 1.10. The van der Waals surface area contributed by atoms with Crippen molar-refractivity contribution in [3.63, 3.8) is 0 Å². The van der Waals surface area contributed by atoms with Crippen LogP contribution < -0.4 is 14.7 Å². The molecule has 0 aliphatic heterocycles. The molecular formula is C31H46O3Si. The van der Waals surface area contributed by atoms with Crippen LogP contribution in [-0.2, 0) is 15.6 Å². The summed E-state index contributed by atoms with van der Waals surface area (Å²) in [5, 5.41) is 1.42. The fraction of sp³-hybridized carbons (Fsp3) is 0.516. The molecule has 1 atom stereocenters. The highest BCUT2D eigenvalue weighted by Crippen LogP contribution is 2.43. The molecule has 2 aromatic rings. The molecule has 0 aromatic heterocycles. The number of hydrogen-bond acceptors (Lipinski definition) is 3. The Morgan fingerprint density at radius 1 is 0.943 bits per heavy atom. The third kappa shape index (κ3) is 7.57. The Bertz CT molecular complexity index is 1030. The Balaban J connectivity index is 2.28. The van der Waals surface area contributed by atoms with Crippen molar-refractivity contribution in [3.8, 4) is 11.5 Å². The number of benzene rings is 2. The highest BCUT2D eigenvalue weighted by Gasteiger charge is 2.30. The van der Waals surface area contributed by atoms with Gasteiger partial charge in [-0.1, -0.05) is 104 Å². The summed E-state index contributed by atoms with van der Waals surface area (Å²) in [4.78, 5) is 13.2. The number of carbonyl (C=O) groups is 1. The van der Waals surface area contributed by atoms with Crippen molar-refractivity contribution in [1.82, 2.24) is 0 Å². The summed E-state index contributed by atoms with van der Waals surface area (Å²) in [6.45, 7) is 26.4. The van der Waals surface area contributed by atoms with Gasteiger partial charge in [0, 0.05) is 17.5 Å². The van der Waals surface area contributed by atoms with Crippen molar-refractivity contribution in [2.45, 2.75) is 91.8 Å². The molecule has 4 heteroatoms. The minimum atomic E-state index is -1.49. The van der Waals surface area contributed by atoms with E-state index < -0.39 is 8.07 Å². The molecule has 0 radical (unpaired) electrons. The number of methoxy groups -OCH3 is 1. The average Bonchev–Trinajstić information content (AvgIpc) is 2.71. The van der Waals surface area contributed by atoms with Gasteiger partial charge in [0.1, 0.15) is 11.5 Å². The lowest BCUT2D eigenvalue weighted by atomic mass is 9.79. The Hall–Kier alpha value is -2.33. The highest BCUT2D eigenvalue weighted by molar-refractivity contribution is 6.89. The van der Waals surface area contributed by atoms with Crippen LogP contribution in [0.3, 0.4) is 0 Å². The second-order valence-corrected chi connectivity index (χ2v) is 18.0. The molecule has 0 amide bonds. The van der Waals surface area contributed by atoms with E-state index in [1.807, 2.05) is 12.1 Å². The van der Waals surface area contributed by atoms with Crippen molar-refractivity contribution >= 4 is 24.8 Å². The lowest BCUT2D eigenvalue weighted by Gasteiger charge is -2.30. The summed E-state index contributed by atoms with van der Waals surface area (Å²) in [5.74, 6) is 1.38. The minimum Gasteiger partial charge on any atom is -0.497 e. The number of allylic oxidation sites excluding steroid dienone is 1. The van der Waals surface area contributed by atoms with Gasteiger partial charge < -0.3 is 9.47 Å². The second kappa shape index (κ2) is 10.7. The Morgan fingerprint density at radius 2 is 1.46 bits per heavy atom. The van der Waals surface area contributed by atoms with E-state index in [4.69, 9.17) is 9.47 Å². The van der Waals surface area contributed by atoms with E-state index in [0.717, 1.165) is 28.9 Å². The molecular weight excluding hydrogens is 448 g/mol. The lowest BCUT2D eigenvalue weighted by molar-refractivity contribution is -0.135. The quantitative estimate of drug-likeness (QED) is 0.213. The SMILES string of the molecule is C=C(CC(C)CC(=O)Oc1c(C(C)(C)C)cc(OC)cc1C(C)(C)C)c1ccccc1[Si](C)(C)C. The molecule has 0 saturated heterocycles. The third-order valence-electron chi connectivity index (χ3n) is 6.36. The minimum absolute atomic E-state index is 0.124. The molecule has 0 spiro atoms. The Kier molecular flexibility index (Phi) is 8.87. The molecule has 2 rings (SSSR count). The van der Waals surface area contributed by atoms with Crippen molar-refractivity contribution in [1.29, 1.82) is 0 Å². The van der Waals surface area contributed by atoms with E-state index in [-0.39, 0.29) is 22.7 Å². The van der Waals surface area contributed by atoms with E-state index in [2.05, 4.69) is 99.0 Å². The molecule has 0 aliphatic rings. The van der Waals surface area contributed by atoms with Crippen molar-refractivity contribution < 1.29 is 14.3 Å². The van der Waals surface area contributed by atoms with E-state index in [1.54, 1.807) is 7.11 Å². The standard InChI is InChI=1S/C31H46O3Si/c1-21(17-22(2)24-15-13-14-16-27(24)35(10,11)12)18-28(32)34-29-25(30(3,4)5)19-23(33-9)20-26(29)31(6,7)8/h13-16,19-21H,2,17-18H2,1,3-12H3. The lowest BCUT2D eigenvalue weighted by Crippen LogP contribution is -2.39. The van der Waals surface area contributed by atoms with Gasteiger partial charge in [0.25, 0.3) is 0 Å². The zero-order chi connectivity index (χ0) is 26.8. The monoisotopic (exact) mass is 494 g/mol. The van der Waals surface area contributed by atoms with Gasteiger partial charge in [-0.05, 0) is 46.4 Å². The maximum absolute atomic E-state index is 13.2. The molecule has 192 valence electrons. The van der Waals surface area contributed by atoms with Crippen LogP contribution in [0, 0.1) is 5.92 Å². The normalized spacial score (nSPS) is 13.3. The van der Waals surface area contributed by atoms with Crippen LogP contribution in [0.1, 0.15) is 78.0 Å². The van der Waals surface area contributed by atoms with Gasteiger partial charge in [0.15, 0.2) is 0 Å². The van der Waals surface area contributed by atoms with Crippen LogP contribution in [0.5, 0.6) is 11.5 Å². The first-order chi connectivity index (χ1) is 15.9. The molecule has 35 heavy (non-hydrogen) atoms. The van der Waals surface area contributed by atoms with Crippen LogP contribution >= 0.6 is 0 Å². The molecule has 1 unspecified atom stereocenters. The van der Waals surface area contributed by atoms with Crippen molar-refractivity contribution in [2.24, 2.45) is 5.92 Å². The van der Waals surface area contributed by atoms with Gasteiger partial charge in [0.05, 0.1) is 15.2 Å². The van der Waals surface area contributed by atoms with Crippen LogP contribution in [0.15, 0.2) is 43.0 Å². The maximum Gasteiger partial charge on any atom is 0.311 e. The van der Waals surface area contributed by atoms with Crippen LogP contribution in [0.2, 0.25) is 19.6 Å². The van der Waals surface area contributed by atoms with Crippen molar-refractivity contribution in [2.75, 3.05) is 7.11 Å². The van der Waals surface area contributed by atoms with Gasteiger partial charge in [-0.15, -0.1) is 0 Å². The number of hydrogen-bond donors (Lipinski definition) is 0. The zero-order valence-corrected chi connectivity index (χ0v) is 24.9. The van der Waals surface area contributed by atoms with Gasteiger partial charge in [-0.2, -0.15) is 0 Å². The first kappa shape index (κ1) is 28.9. The summed E-state index contributed by atoms with van der Waals surface area (Å²) in [6, 6.07) is 12.6. The van der Waals surface area contributed by atoms with Gasteiger partial charge in [-0.25, -0.2) is 0 Å². The smallest absolute Gasteiger partial charge is 0.311 e. The largest absolute Gasteiger partial charge is 0.497 e. The fourth-order valence-electron chi connectivity index (χ4n) is 4.43. The first-order valence-electron chi connectivity index (χ1n) is 12.7. The molecule has 0 bridgehead atoms. The average molecular weight is 495 g/mol. The van der Waals surface area contributed by atoms with Crippen molar-refractivity contribution in [3.05, 3.63) is 59.7 Å². The van der Waals surface area contributed by atoms with Gasteiger partial charge in [-0.3, -0.25) is 4.79 Å². The molecule has 0 N–H and O–H groups in total. The van der Waals surface area contributed by atoms with Crippen LogP contribution in [-0.4, -0.2) is 21.2 Å². The fourth-order valence-corrected chi connectivity index (χ4v) is 6.10. The van der Waals surface area contributed by atoms with Crippen LogP contribution in [0.4, 0.5) is 0 Å². The number of esters is 1. The third-order valence-corrected chi connectivity index (χ3v) is 8.41. The molecule has 0 fully saturated rings. The number of carbonyl (C=O) groups excluding carboxylic acids is 1. The predicted molar refractivity (Wildman–Crippen MR) is 153 cm³/mol. The maximum atomic E-state index is 13.2. The van der Waals surface area contributed by atoms with Gasteiger partial charge in [0.2, 0.25) is 0 Å². The molecule has 2 aromatic carbocycles. The van der Waals surface area contributed by atoms with E-state index in [0.29, 0.717) is 12.2 Å². The van der Waals surface area contributed by atoms with Crippen LogP contribution in [0.25, 0.3) is 5.57 Å². The van der Waals surface area contributed by atoms with Gasteiger partial charge >= 0.3 is 5.97 Å². The number of ether oxygens (including phenoxy) is 2. The first-order valence-corrected chi connectivity index (χ1v) is 16.2. The summed E-state index contributed by atoms with van der Waals surface area (Å²) < 4.78 is 11.7. The summed E-state index contributed by atoms with van der Waals surface area (Å²) in [7, 11) is 0.181. The van der Waals surface area contributed by atoms with E-state index >= 15 is 0 Å². The predicted octanol–water partition coefficient (Wildman–Crippen LogP) is 7.87. The Morgan fingerprint density at radius 3 is 1.91 bits per heavy atom. The molecule has 0 aliphatic carbocycles. The topological polar surface area (TPSA) is 35.5 Å².